The number of primary amides is 1. The number of anilines is 1. The van der Waals surface area contributed by atoms with Crippen molar-refractivity contribution in [1.29, 1.82) is 0 Å². The highest BCUT2D eigenvalue weighted by Crippen LogP contribution is 2.31. The molecule has 0 bridgehead atoms. The molecule has 0 saturated carbocycles. The second-order valence-electron chi connectivity index (χ2n) is 3.65. The van der Waals surface area contributed by atoms with Crippen LogP contribution >= 0.6 is 27.5 Å². The van der Waals surface area contributed by atoms with Gasteiger partial charge in [0.15, 0.2) is 0 Å². The standard InChI is InChI=1S/C12H9BrClN3O2/c13-6-1-2-10(8(14)3-6)19-11-4-7(12(16)18)9(15)5-17-11/h1-5H,15H2,(H2,16,18). The molecule has 1 heterocycles. The zero-order chi connectivity index (χ0) is 14.0. The van der Waals surface area contributed by atoms with Crippen LogP contribution in [0.4, 0.5) is 5.69 Å². The number of hydrogen-bond donors (Lipinski definition) is 2. The maximum atomic E-state index is 11.2. The number of carbonyl (C=O) groups is 1. The van der Waals surface area contributed by atoms with Gasteiger partial charge in [-0.3, -0.25) is 4.79 Å². The molecule has 1 aromatic carbocycles. The average Bonchev–Trinajstić information content (AvgIpc) is 2.34. The summed E-state index contributed by atoms with van der Waals surface area (Å²) >= 11 is 9.30. The van der Waals surface area contributed by atoms with Crippen molar-refractivity contribution in [3.63, 3.8) is 0 Å². The van der Waals surface area contributed by atoms with Gasteiger partial charge >= 0.3 is 0 Å². The molecule has 4 N–H and O–H groups in total. The molecule has 0 radical (unpaired) electrons. The van der Waals surface area contributed by atoms with Crippen molar-refractivity contribution in [1.82, 2.24) is 4.98 Å². The molecule has 0 spiro atoms. The largest absolute Gasteiger partial charge is 0.437 e. The number of hydrogen-bond acceptors (Lipinski definition) is 4. The number of aromatic nitrogens is 1. The summed E-state index contributed by atoms with van der Waals surface area (Å²) in [6.45, 7) is 0. The van der Waals surface area contributed by atoms with E-state index >= 15 is 0 Å². The van der Waals surface area contributed by atoms with Gasteiger partial charge in [-0.15, -0.1) is 0 Å². The van der Waals surface area contributed by atoms with Gasteiger partial charge in [-0.2, -0.15) is 0 Å². The van der Waals surface area contributed by atoms with Gasteiger partial charge in [0.2, 0.25) is 5.88 Å². The van der Waals surface area contributed by atoms with Crippen LogP contribution < -0.4 is 16.2 Å². The summed E-state index contributed by atoms with van der Waals surface area (Å²) in [5, 5.41) is 0.411. The van der Waals surface area contributed by atoms with Crippen LogP contribution in [0.5, 0.6) is 11.6 Å². The number of nitrogen functional groups attached to an aromatic ring is 1. The molecule has 2 rings (SSSR count). The van der Waals surface area contributed by atoms with E-state index in [2.05, 4.69) is 20.9 Å². The molecule has 0 aliphatic rings. The van der Waals surface area contributed by atoms with Gasteiger partial charge in [-0.25, -0.2) is 4.98 Å². The summed E-state index contributed by atoms with van der Waals surface area (Å²) in [4.78, 5) is 15.1. The van der Waals surface area contributed by atoms with Crippen molar-refractivity contribution in [2.24, 2.45) is 5.73 Å². The molecule has 98 valence electrons. The number of halogens is 2. The number of benzene rings is 1. The van der Waals surface area contributed by atoms with Crippen LogP contribution in [0.2, 0.25) is 5.02 Å². The minimum Gasteiger partial charge on any atom is -0.437 e. The maximum Gasteiger partial charge on any atom is 0.251 e. The molecule has 1 aromatic heterocycles. The fourth-order valence-electron chi connectivity index (χ4n) is 1.39. The number of rotatable bonds is 3. The van der Waals surface area contributed by atoms with Gasteiger partial charge in [0, 0.05) is 10.5 Å². The average molecular weight is 343 g/mol. The first-order valence-electron chi connectivity index (χ1n) is 5.15. The van der Waals surface area contributed by atoms with Gasteiger partial charge < -0.3 is 16.2 Å². The second-order valence-corrected chi connectivity index (χ2v) is 4.97. The Morgan fingerprint density at radius 1 is 1.37 bits per heavy atom. The van der Waals surface area contributed by atoms with Gasteiger partial charge in [-0.1, -0.05) is 27.5 Å². The molecule has 0 saturated heterocycles. The minimum absolute atomic E-state index is 0.151. The molecule has 0 aliphatic carbocycles. The van der Waals surface area contributed by atoms with Crippen molar-refractivity contribution < 1.29 is 9.53 Å². The summed E-state index contributed by atoms with van der Waals surface area (Å²) in [6, 6.07) is 6.50. The van der Waals surface area contributed by atoms with Crippen LogP contribution in [0, 0.1) is 0 Å². The summed E-state index contributed by atoms with van der Waals surface area (Å²) in [7, 11) is 0. The van der Waals surface area contributed by atoms with E-state index in [4.69, 9.17) is 27.8 Å². The molecule has 19 heavy (non-hydrogen) atoms. The lowest BCUT2D eigenvalue weighted by molar-refractivity contribution is 0.100. The number of ether oxygens (including phenoxy) is 1. The van der Waals surface area contributed by atoms with Crippen molar-refractivity contribution in [2.45, 2.75) is 0 Å². The Bertz CT molecular complexity index is 649. The third-order valence-electron chi connectivity index (χ3n) is 2.28. The Balaban J connectivity index is 2.33. The van der Waals surface area contributed by atoms with Crippen LogP contribution in [0.3, 0.4) is 0 Å². The van der Waals surface area contributed by atoms with Crippen molar-refractivity contribution in [2.75, 3.05) is 5.73 Å². The Labute approximate surface area is 122 Å². The molecular weight excluding hydrogens is 334 g/mol. The third kappa shape index (κ3) is 3.15. The normalized spacial score (nSPS) is 10.2. The van der Waals surface area contributed by atoms with Crippen LogP contribution in [0.15, 0.2) is 34.9 Å². The van der Waals surface area contributed by atoms with E-state index in [-0.39, 0.29) is 17.1 Å². The van der Waals surface area contributed by atoms with Crippen LogP contribution in [0.1, 0.15) is 10.4 Å². The van der Waals surface area contributed by atoms with Crippen molar-refractivity contribution in [3.05, 3.63) is 45.5 Å². The molecule has 7 heteroatoms. The number of nitrogens with two attached hydrogens (primary N) is 2. The maximum absolute atomic E-state index is 11.2. The van der Waals surface area contributed by atoms with E-state index < -0.39 is 5.91 Å². The van der Waals surface area contributed by atoms with Gasteiger partial charge in [-0.05, 0) is 18.2 Å². The molecule has 0 atom stereocenters. The lowest BCUT2D eigenvalue weighted by Crippen LogP contribution is -2.13. The fourth-order valence-corrected chi connectivity index (χ4v) is 2.10. The van der Waals surface area contributed by atoms with Crippen LogP contribution in [-0.2, 0) is 0 Å². The summed E-state index contributed by atoms with van der Waals surface area (Å²) in [5.41, 5.74) is 11.1. The first kappa shape index (κ1) is 13.6. The van der Waals surface area contributed by atoms with Crippen molar-refractivity contribution >= 4 is 39.1 Å². The third-order valence-corrected chi connectivity index (χ3v) is 3.07. The summed E-state index contributed by atoms with van der Waals surface area (Å²) in [5.74, 6) is -0.0450. The number of amides is 1. The Hall–Kier alpha value is -1.79. The SMILES string of the molecule is NC(=O)c1cc(Oc2ccc(Br)cc2Cl)ncc1N. The molecule has 2 aromatic rings. The van der Waals surface area contributed by atoms with E-state index in [1.165, 1.54) is 12.3 Å². The van der Waals surface area contributed by atoms with Gasteiger partial charge in [0.05, 0.1) is 22.5 Å². The number of pyridine rings is 1. The van der Waals surface area contributed by atoms with Crippen LogP contribution in [0.25, 0.3) is 0 Å². The number of nitrogens with zero attached hydrogens (tertiary/aromatic N) is 1. The second kappa shape index (κ2) is 5.46. The highest BCUT2D eigenvalue weighted by atomic mass is 79.9. The molecular formula is C12H9BrClN3O2. The quantitative estimate of drug-likeness (QED) is 0.897. The zero-order valence-corrected chi connectivity index (χ0v) is 11.9. The van der Waals surface area contributed by atoms with E-state index in [9.17, 15) is 4.79 Å². The molecule has 5 nitrogen and oxygen atoms in total. The number of carbonyl (C=O) groups excluding carboxylic acids is 1. The molecule has 0 unspecified atom stereocenters. The van der Waals surface area contributed by atoms with E-state index in [1.54, 1.807) is 18.2 Å². The highest BCUT2D eigenvalue weighted by Gasteiger charge is 2.10. The Kier molecular flexibility index (Phi) is 3.92. The highest BCUT2D eigenvalue weighted by molar-refractivity contribution is 9.10. The topological polar surface area (TPSA) is 91.2 Å². The lowest BCUT2D eigenvalue weighted by atomic mass is 10.2. The Morgan fingerprint density at radius 3 is 2.74 bits per heavy atom. The molecule has 1 amide bonds. The Morgan fingerprint density at radius 2 is 2.11 bits per heavy atom. The minimum atomic E-state index is -0.647. The van der Waals surface area contributed by atoms with E-state index in [0.29, 0.717) is 10.8 Å². The van der Waals surface area contributed by atoms with Gasteiger partial charge in [0.25, 0.3) is 5.91 Å². The predicted molar refractivity (Wildman–Crippen MR) is 76.4 cm³/mol. The monoisotopic (exact) mass is 341 g/mol. The first-order valence-corrected chi connectivity index (χ1v) is 6.32. The summed E-state index contributed by atoms with van der Waals surface area (Å²) < 4.78 is 6.31. The smallest absolute Gasteiger partial charge is 0.251 e. The van der Waals surface area contributed by atoms with E-state index in [1.807, 2.05) is 0 Å². The summed E-state index contributed by atoms with van der Waals surface area (Å²) in [6.07, 6.45) is 1.31. The fraction of sp³-hybridized carbons (Fsp3) is 0. The molecule has 0 fully saturated rings. The zero-order valence-electron chi connectivity index (χ0n) is 9.56. The lowest BCUT2D eigenvalue weighted by Gasteiger charge is -2.08. The van der Waals surface area contributed by atoms with E-state index in [0.717, 1.165) is 4.47 Å². The first-order chi connectivity index (χ1) is 8.97. The van der Waals surface area contributed by atoms with Gasteiger partial charge in [0.1, 0.15) is 5.75 Å². The predicted octanol–water partition coefficient (Wildman–Crippen LogP) is 2.97. The van der Waals surface area contributed by atoms with Crippen LogP contribution in [-0.4, -0.2) is 10.9 Å². The van der Waals surface area contributed by atoms with Crippen molar-refractivity contribution in [3.8, 4) is 11.6 Å². The molecule has 0 aliphatic heterocycles.